The molecule has 1 aromatic carbocycles. The number of aryl methyl sites for hydroxylation is 1. The third kappa shape index (κ3) is 3.53. The van der Waals surface area contributed by atoms with Crippen LogP contribution in [0.4, 0.5) is 0 Å². The quantitative estimate of drug-likeness (QED) is 0.728. The molecule has 0 saturated carbocycles. The van der Waals surface area contributed by atoms with Gasteiger partial charge in [-0.05, 0) is 24.3 Å². The van der Waals surface area contributed by atoms with Crippen LogP contribution in [0.1, 0.15) is 15.5 Å². The highest BCUT2D eigenvalue weighted by molar-refractivity contribution is 7.18. The third-order valence-electron chi connectivity index (χ3n) is 5.13. The fourth-order valence-electron chi connectivity index (χ4n) is 3.63. The predicted molar refractivity (Wildman–Crippen MR) is 109 cm³/mol. The Bertz CT molecular complexity index is 978. The van der Waals surface area contributed by atoms with E-state index in [1.165, 1.54) is 0 Å². The lowest BCUT2D eigenvalue weighted by Gasteiger charge is -2.40. The molecule has 28 heavy (non-hydrogen) atoms. The van der Waals surface area contributed by atoms with Gasteiger partial charge in [0.05, 0.1) is 16.8 Å². The van der Waals surface area contributed by atoms with E-state index < -0.39 is 6.04 Å². The molecule has 4 rings (SSSR count). The number of aromatic nitrogens is 2. The molecule has 0 aliphatic carbocycles. The zero-order chi connectivity index (χ0) is 19.7. The Hall–Kier alpha value is -2.71. The van der Waals surface area contributed by atoms with Gasteiger partial charge in [-0.15, -0.1) is 11.3 Å². The molecule has 1 aliphatic heterocycles. The summed E-state index contributed by atoms with van der Waals surface area (Å²) < 4.78 is 2.95. The van der Waals surface area contributed by atoms with Crippen molar-refractivity contribution < 1.29 is 9.59 Å². The van der Waals surface area contributed by atoms with Gasteiger partial charge in [0.15, 0.2) is 0 Å². The first kappa shape index (κ1) is 18.6. The van der Waals surface area contributed by atoms with E-state index in [-0.39, 0.29) is 11.8 Å². The zero-order valence-corrected chi connectivity index (χ0v) is 16.8. The smallest absolute Gasteiger partial charge is 0.271 e. The maximum absolute atomic E-state index is 13.0. The number of thiazole rings is 1. The number of hydrogen-bond donors (Lipinski definition) is 1. The molecule has 1 N–H and O–H groups in total. The Morgan fingerprint density at radius 3 is 2.75 bits per heavy atom. The van der Waals surface area contributed by atoms with Crippen LogP contribution in [0.2, 0.25) is 0 Å². The molecule has 1 aliphatic rings. The summed E-state index contributed by atoms with van der Waals surface area (Å²) in [6, 6.07) is 11.2. The van der Waals surface area contributed by atoms with Crippen molar-refractivity contribution in [3.05, 3.63) is 53.3 Å². The molecule has 1 atom stereocenters. The lowest BCUT2D eigenvalue weighted by molar-refractivity contribution is -0.127. The summed E-state index contributed by atoms with van der Waals surface area (Å²) in [6.07, 6.45) is 1.84. The molecule has 1 unspecified atom stereocenters. The van der Waals surface area contributed by atoms with Crippen molar-refractivity contribution in [3.63, 3.8) is 0 Å². The Kier molecular flexibility index (Phi) is 5.15. The van der Waals surface area contributed by atoms with Crippen molar-refractivity contribution in [1.82, 2.24) is 24.7 Å². The summed E-state index contributed by atoms with van der Waals surface area (Å²) in [7, 11) is 3.45. The highest BCUT2D eigenvalue weighted by atomic mass is 32.1. The number of fused-ring (bicyclic) bond motifs is 1. The third-order valence-corrected chi connectivity index (χ3v) is 6.16. The van der Waals surface area contributed by atoms with E-state index in [4.69, 9.17) is 4.98 Å². The minimum Gasteiger partial charge on any atom is -0.357 e. The van der Waals surface area contributed by atoms with Crippen LogP contribution in [-0.4, -0.2) is 63.9 Å². The Morgan fingerprint density at radius 1 is 1.21 bits per heavy atom. The largest absolute Gasteiger partial charge is 0.357 e. The molecule has 2 amide bonds. The second-order valence-corrected chi connectivity index (χ2v) is 8.06. The van der Waals surface area contributed by atoms with Crippen molar-refractivity contribution in [3.8, 4) is 0 Å². The number of nitrogens with one attached hydrogen (secondary N) is 1. The van der Waals surface area contributed by atoms with Crippen LogP contribution in [0.3, 0.4) is 0 Å². The standard InChI is InChI=1S/C20H23N5O2S/c1-21-19(26)16-12-24(13-18-22-14-6-3-4-8-17(14)28-18)10-11-25(16)20(27)15-7-5-9-23(15)2/h3-9,16H,10-13H2,1-2H3,(H,21,26). The van der Waals surface area contributed by atoms with Gasteiger partial charge in [0.2, 0.25) is 5.91 Å². The zero-order valence-electron chi connectivity index (χ0n) is 16.0. The monoisotopic (exact) mass is 397 g/mol. The molecule has 1 saturated heterocycles. The van der Waals surface area contributed by atoms with Gasteiger partial charge in [0, 0.05) is 39.9 Å². The number of rotatable bonds is 4. The molecule has 8 heteroatoms. The summed E-state index contributed by atoms with van der Waals surface area (Å²) in [5.74, 6) is -0.253. The Balaban J connectivity index is 1.52. The highest BCUT2D eigenvalue weighted by Gasteiger charge is 2.36. The molecular formula is C20H23N5O2S. The van der Waals surface area contributed by atoms with E-state index in [0.717, 1.165) is 15.2 Å². The molecule has 0 bridgehead atoms. The molecule has 2 aromatic heterocycles. The minimum absolute atomic E-state index is 0.110. The first-order valence-corrected chi connectivity index (χ1v) is 10.1. The van der Waals surface area contributed by atoms with Crippen molar-refractivity contribution in [2.24, 2.45) is 7.05 Å². The van der Waals surface area contributed by atoms with Crippen LogP contribution in [0, 0.1) is 0 Å². The molecular weight excluding hydrogens is 374 g/mol. The van der Waals surface area contributed by atoms with Crippen LogP contribution < -0.4 is 5.32 Å². The molecule has 1 fully saturated rings. The maximum Gasteiger partial charge on any atom is 0.271 e. The van der Waals surface area contributed by atoms with E-state index in [9.17, 15) is 9.59 Å². The van der Waals surface area contributed by atoms with Crippen molar-refractivity contribution >= 4 is 33.4 Å². The Morgan fingerprint density at radius 2 is 2.04 bits per heavy atom. The summed E-state index contributed by atoms with van der Waals surface area (Å²) >= 11 is 1.68. The fourth-order valence-corrected chi connectivity index (χ4v) is 4.64. The van der Waals surface area contributed by atoms with Crippen molar-refractivity contribution in [2.75, 3.05) is 26.7 Å². The first-order chi connectivity index (χ1) is 13.6. The number of carbonyl (C=O) groups is 2. The van der Waals surface area contributed by atoms with Crippen molar-refractivity contribution in [2.45, 2.75) is 12.6 Å². The van der Waals surface area contributed by atoms with Crippen LogP contribution >= 0.6 is 11.3 Å². The Labute approximate surface area is 167 Å². The van der Waals surface area contributed by atoms with Crippen LogP contribution in [0.15, 0.2) is 42.6 Å². The normalized spacial score (nSPS) is 17.8. The van der Waals surface area contributed by atoms with Gasteiger partial charge < -0.3 is 14.8 Å². The van der Waals surface area contributed by atoms with E-state index in [2.05, 4.69) is 16.3 Å². The van der Waals surface area contributed by atoms with E-state index in [1.807, 2.05) is 37.5 Å². The van der Waals surface area contributed by atoms with E-state index >= 15 is 0 Å². The number of piperazine rings is 1. The molecule has 3 heterocycles. The van der Waals surface area contributed by atoms with Crippen LogP contribution in [0.25, 0.3) is 10.2 Å². The molecule has 7 nitrogen and oxygen atoms in total. The average Bonchev–Trinajstić information content (AvgIpc) is 3.32. The second kappa shape index (κ2) is 7.73. The SMILES string of the molecule is CNC(=O)C1CN(Cc2nc3ccccc3s2)CCN1C(=O)c1cccn1C. The minimum atomic E-state index is -0.518. The topological polar surface area (TPSA) is 70.5 Å². The van der Waals surface area contributed by atoms with Gasteiger partial charge in [-0.2, -0.15) is 0 Å². The van der Waals surface area contributed by atoms with Gasteiger partial charge in [-0.3, -0.25) is 14.5 Å². The van der Waals surface area contributed by atoms with Crippen LogP contribution in [-0.2, 0) is 18.4 Å². The lowest BCUT2D eigenvalue weighted by atomic mass is 10.1. The summed E-state index contributed by atoms with van der Waals surface area (Å²) in [6.45, 7) is 2.39. The highest BCUT2D eigenvalue weighted by Crippen LogP contribution is 2.24. The first-order valence-electron chi connectivity index (χ1n) is 9.27. The lowest BCUT2D eigenvalue weighted by Crippen LogP contribution is -2.60. The average molecular weight is 398 g/mol. The molecule has 0 radical (unpaired) electrons. The number of hydrogen-bond acceptors (Lipinski definition) is 5. The van der Waals surface area contributed by atoms with E-state index in [1.54, 1.807) is 33.9 Å². The van der Waals surface area contributed by atoms with E-state index in [0.29, 0.717) is 31.9 Å². The van der Waals surface area contributed by atoms with Gasteiger partial charge in [0.1, 0.15) is 16.7 Å². The molecule has 146 valence electrons. The van der Waals surface area contributed by atoms with Crippen LogP contribution in [0.5, 0.6) is 0 Å². The summed E-state index contributed by atoms with van der Waals surface area (Å²) in [5.41, 5.74) is 1.59. The molecule has 3 aromatic rings. The number of amides is 2. The van der Waals surface area contributed by atoms with Gasteiger partial charge >= 0.3 is 0 Å². The summed E-state index contributed by atoms with van der Waals surface area (Å²) in [4.78, 5) is 34.1. The molecule has 0 spiro atoms. The van der Waals surface area contributed by atoms with Gasteiger partial charge in [0.25, 0.3) is 5.91 Å². The van der Waals surface area contributed by atoms with Crippen molar-refractivity contribution in [1.29, 1.82) is 0 Å². The number of benzene rings is 1. The fraction of sp³-hybridized carbons (Fsp3) is 0.350. The van der Waals surface area contributed by atoms with Gasteiger partial charge in [-0.1, -0.05) is 12.1 Å². The number of likely N-dealkylation sites (N-methyl/N-ethyl adjacent to an activating group) is 1. The second-order valence-electron chi connectivity index (χ2n) is 6.94. The van der Waals surface area contributed by atoms with Gasteiger partial charge in [-0.25, -0.2) is 4.98 Å². The number of carbonyl (C=O) groups excluding carboxylic acids is 2. The summed E-state index contributed by atoms with van der Waals surface area (Å²) in [5, 5.41) is 3.73. The maximum atomic E-state index is 13.0. The number of nitrogens with zero attached hydrogens (tertiary/aromatic N) is 4. The predicted octanol–water partition coefficient (Wildman–Crippen LogP) is 1.71. The number of para-hydroxylation sites is 1.